The first-order valence-corrected chi connectivity index (χ1v) is 6.84. The summed E-state index contributed by atoms with van der Waals surface area (Å²) in [6.45, 7) is 6.26. The zero-order valence-electron chi connectivity index (χ0n) is 10.6. The fourth-order valence-corrected chi connectivity index (χ4v) is 2.04. The van der Waals surface area contributed by atoms with Gasteiger partial charge in [-0.25, -0.2) is 4.98 Å². The molecule has 0 fully saturated rings. The molecular weight excluding hydrogens is 250 g/mol. The molecule has 2 aromatic heterocycles. The van der Waals surface area contributed by atoms with Gasteiger partial charge in [0.15, 0.2) is 0 Å². The lowest BCUT2D eigenvalue weighted by Crippen LogP contribution is -2.13. The molecule has 18 heavy (non-hydrogen) atoms. The zero-order valence-corrected chi connectivity index (χ0v) is 11.4. The van der Waals surface area contributed by atoms with Crippen molar-refractivity contribution in [1.82, 2.24) is 20.5 Å². The molecule has 7 heteroatoms. The van der Waals surface area contributed by atoms with Crippen LogP contribution in [0.3, 0.4) is 0 Å². The number of anilines is 1. The van der Waals surface area contributed by atoms with E-state index in [0.29, 0.717) is 25.0 Å². The van der Waals surface area contributed by atoms with Crippen LogP contribution in [0.1, 0.15) is 29.9 Å². The quantitative estimate of drug-likeness (QED) is 0.747. The van der Waals surface area contributed by atoms with E-state index < -0.39 is 0 Å². The molecule has 6 nitrogen and oxygen atoms in total. The van der Waals surface area contributed by atoms with Gasteiger partial charge in [0, 0.05) is 5.38 Å². The highest BCUT2D eigenvalue weighted by Crippen LogP contribution is 2.11. The van der Waals surface area contributed by atoms with E-state index in [1.165, 1.54) is 0 Å². The molecule has 0 aliphatic rings. The average Bonchev–Trinajstić information content (AvgIpc) is 2.96. The SMILES string of the molecule is CCCNCc1nnc(NCc2csc(C)n2)o1. The summed E-state index contributed by atoms with van der Waals surface area (Å²) in [6.07, 6.45) is 1.09. The minimum absolute atomic E-state index is 0.439. The van der Waals surface area contributed by atoms with Crippen LogP contribution in [0.25, 0.3) is 0 Å². The minimum atomic E-state index is 0.439. The summed E-state index contributed by atoms with van der Waals surface area (Å²) >= 11 is 1.63. The molecule has 0 spiro atoms. The van der Waals surface area contributed by atoms with Crippen LogP contribution in [0.4, 0.5) is 6.01 Å². The van der Waals surface area contributed by atoms with Crippen molar-refractivity contribution < 1.29 is 4.42 Å². The Morgan fingerprint density at radius 3 is 2.94 bits per heavy atom. The van der Waals surface area contributed by atoms with Crippen molar-refractivity contribution in [2.75, 3.05) is 11.9 Å². The van der Waals surface area contributed by atoms with Crippen LogP contribution in [0.5, 0.6) is 0 Å². The second kappa shape index (κ2) is 6.46. The number of aryl methyl sites for hydroxylation is 1. The summed E-state index contributed by atoms with van der Waals surface area (Å²) < 4.78 is 5.44. The second-order valence-corrected chi connectivity index (χ2v) is 4.95. The van der Waals surface area contributed by atoms with Gasteiger partial charge in [0.2, 0.25) is 5.89 Å². The molecule has 2 heterocycles. The van der Waals surface area contributed by atoms with E-state index in [2.05, 4.69) is 32.7 Å². The normalized spacial score (nSPS) is 10.8. The van der Waals surface area contributed by atoms with Gasteiger partial charge in [0.1, 0.15) is 0 Å². The Bertz CT molecular complexity index is 481. The van der Waals surface area contributed by atoms with Gasteiger partial charge in [-0.05, 0) is 19.9 Å². The Morgan fingerprint density at radius 2 is 2.22 bits per heavy atom. The van der Waals surface area contributed by atoms with Crippen molar-refractivity contribution in [3.63, 3.8) is 0 Å². The van der Waals surface area contributed by atoms with Crippen LogP contribution in [0.15, 0.2) is 9.80 Å². The molecule has 0 radical (unpaired) electrons. The predicted octanol–water partition coefficient (Wildman–Crippen LogP) is 1.95. The topological polar surface area (TPSA) is 75.9 Å². The molecule has 0 unspecified atom stereocenters. The number of hydrogen-bond donors (Lipinski definition) is 2. The van der Waals surface area contributed by atoms with Gasteiger partial charge in [-0.1, -0.05) is 12.0 Å². The second-order valence-electron chi connectivity index (χ2n) is 3.89. The fraction of sp³-hybridized carbons (Fsp3) is 0.545. The van der Waals surface area contributed by atoms with Gasteiger partial charge < -0.3 is 15.1 Å². The van der Waals surface area contributed by atoms with Crippen LogP contribution in [-0.2, 0) is 13.1 Å². The van der Waals surface area contributed by atoms with Crippen molar-refractivity contribution in [1.29, 1.82) is 0 Å². The summed E-state index contributed by atoms with van der Waals surface area (Å²) in [7, 11) is 0. The number of hydrogen-bond acceptors (Lipinski definition) is 7. The van der Waals surface area contributed by atoms with E-state index in [1.807, 2.05) is 12.3 Å². The van der Waals surface area contributed by atoms with E-state index in [4.69, 9.17) is 4.42 Å². The molecular formula is C11H17N5OS. The smallest absolute Gasteiger partial charge is 0.315 e. The lowest BCUT2D eigenvalue weighted by molar-refractivity contribution is 0.476. The molecule has 2 rings (SSSR count). The van der Waals surface area contributed by atoms with Gasteiger partial charge in [-0.3, -0.25) is 0 Å². The molecule has 0 saturated carbocycles. The largest absolute Gasteiger partial charge is 0.407 e. The van der Waals surface area contributed by atoms with Crippen LogP contribution in [-0.4, -0.2) is 21.7 Å². The third kappa shape index (κ3) is 3.78. The van der Waals surface area contributed by atoms with Crippen LogP contribution < -0.4 is 10.6 Å². The van der Waals surface area contributed by atoms with Crippen LogP contribution >= 0.6 is 11.3 Å². The Balaban J connectivity index is 1.79. The summed E-state index contributed by atoms with van der Waals surface area (Å²) in [5, 5.41) is 17.2. The Hall–Kier alpha value is -1.47. The first kappa shape index (κ1) is 13.0. The summed E-state index contributed by atoms with van der Waals surface area (Å²) in [6, 6.07) is 0.439. The number of rotatable bonds is 7. The first-order chi connectivity index (χ1) is 8.78. The minimum Gasteiger partial charge on any atom is -0.407 e. The van der Waals surface area contributed by atoms with Crippen LogP contribution in [0.2, 0.25) is 0 Å². The summed E-state index contributed by atoms with van der Waals surface area (Å²) in [5.41, 5.74) is 0.987. The number of aromatic nitrogens is 3. The molecule has 0 aliphatic carbocycles. The fourth-order valence-electron chi connectivity index (χ4n) is 1.42. The highest BCUT2D eigenvalue weighted by atomic mass is 32.1. The zero-order chi connectivity index (χ0) is 12.8. The summed E-state index contributed by atoms with van der Waals surface area (Å²) in [5.74, 6) is 0.598. The first-order valence-electron chi connectivity index (χ1n) is 5.96. The molecule has 0 atom stereocenters. The van der Waals surface area contributed by atoms with Crippen molar-refractivity contribution in [3.8, 4) is 0 Å². The van der Waals surface area contributed by atoms with E-state index in [1.54, 1.807) is 11.3 Å². The van der Waals surface area contributed by atoms with Gasteiger partial charge in [0.25, 0.3) is 0 Å². The number of thiazole rings is 1. The van der Waals surface area contributed by atoms with Gasteiger partial charge in [-0.2, -0.15) is 0 Å². The highest BCUT2D eigenvalue weighted by Gasteiger charge is 2.05. The van der Waals surface area contributed by atoms with E-state index >= 15 is 0 Å². The number of nitrogens with zero attached hydrogens (tertiary/aromatic N) is 3. The lowest BCUT2D eigenvalue weighted by atomic mass is 10.5. The Morgan fingerprint density at radius 1 is 1.33 bits per heavy atom. The molecule has 0 bridgehead atoms. The van der Waals surface area contributed by atoms with Gasteiger partial charge in [0.05, 0.1) is 23.8 Å². The third-order valence-corrected chi connectivity index (χ3v) is 3.08. The summed E-state index contributed by atoms with van der Waals surface area (Å²) in [4.78, 5) is 4.35. The molecule has 0 saturated heterocycles. The molecule has 98 valence electrons. The van der Waals surface area contributed by atoms with E-state index in [0.717, 1.165) is 23.7 Å². The number of nitrogens with one attached hydrogen (secondary N) is 2. The van der Waals surface area contributed by atoms with Crippen molar-refractivity contribution in [2.24, 2.45) is 0 Å². The van der Waals surface area contributed by atoms with Gasteiger partial charge >= 0.3 is 6.01 Å². The molecule has 2 aromatic rings. The lowest BCUT2D eigenvalue weighted by Gasteiger charge is -1.98. The monoisotopic (exact) mass is 267 g/mol. The van der Waals surface area contributed by atoms with Crippen LogP contribution in [0, 0.1) is 6.92 Å². The average molecular weight is 267 g/mol. The van der Waals surface area contributed by atoms with Gasteiger partial charge in [-0.15, -0.1) is 16.4 Å². The molecule has 0 amide bonds. The van der Waals surface area contributed by atoms with Crippen molar-refractivity contribution in [3.05, 3.63) is 22.0 Å². The van der Waals surface area contributed by atoms with E-state index in [9.17, 15) is 0 Å². The molecule has 0 aromatic carbocycles. The Kier molecular flexibility index (Phi) is 4.66. The Labute approximate surface area is 110 Å². The highest BCUT2D eigenvalue weighted by molar-refractivity contribution is 7.09. The van der Waals surface area contributed by atoms with Crippen molar-refractivity contribution in [2.45, 2.75) is 33.4 Å². The molecule has 2 N–H and O–H groups in total. The third-order valence-electron chi connectivity index (χ3n) is 2.26. The maximum Gasteiger partial charge on any atom is 0.315 e. The predicted molar refractivity (Wildman–Crippen MR) is 70.5 cm³/mol. The maximum absolute atomic E-state index is 5.44. The van der Waals surface area contributed by atoms with Crippen molar-refractivity contribution >= 4 is 17.4 Å². The standard InChI is InChI=1S/C11H17N5OS/c1-3-4-12-6-10-15-16-11(17-10)13-5-9-7-18-8(2)14-9/h7,12H,3-6H2,1-2H3,(H,13,16). The van der Waals surface area contributed by atoms with E-state index in [-0.39, 0.29) is 0 Å². The maximum atomic E-state index is 5.44. The molecule has 0 aliphatic heterocycles.